The van der Waals surface area contributed by atoms with E-state index in [4.69, 9.17) is 0 Å². The summed E-state index contributed by atoms with van der Waals surface area (Å²) in [4.78, 5) is 9.37. The summed E-state index contributed by atoms with van der Waals surface area (Å²) in [5.41, 5.74) is -2.55. The molecule has 1 aromatic rings. The number of para-hydroxylation sites is 1. The normalized spacial score (nSPS) is 15.9. The number of benzene rings is 1. The van der Waals surface area contributed by atoms with Crippen LogP contribution in [0.5, 0.6) is 0 Å². The molecule has 0 saturated heterocycles. The lowest BCUT2D eigenvalue weighted by Crippen LogP contribution is -2.72. The monoisotopic (exact) mass is 535 g/mol. The lowest BCUT2D eigenvalue weighted by molar-refractivity contribution is -0.453. The molecule has 0 bridgehead atoms. The van der Waals surface area contributed by atoms with Gasteiger partial charge in [-0.3, -0.25) is 10.1 Å². The fourth-order valence-electron chi connectivity index (χ4n) is 2.42. The number of nitro groups is 1. The molecule has 196 valence electrons. The maximum atomic E-state index is 13.9. The highest BCUT2D eigenvalue weighted by molar-refractivity contribution is 5.41. The summed E-state index contributed by atoms with van der Waals surface area (Å²) in [6.45, 7) is 0. The lowest BCUT2D eigenvalue weighted by atomic mass is 9.88. The zero-order chi connectivity index (χ0) is 27.3. The molecular formula is C15H8F15NO3. The van der Waals surface area contributed by atoms with Crippen LogP contribution in [0.1, 0.15) is 18.1 Å². The number of rotatable bonds is 9. The molecule has 0 fully saturated rings. The Labute approximate surface area is 177 Å². The number of aliphatic hydroxyl groups excluding tert-OH is 1. The van der Waals surface area contributed by atoms with Crippen LogP contribution in [0.2, 0.25) is 0 Å². The van der Waals surface area contributed by atoms with E-state index in [1.807, 2.05) is 0 Å². The first kappa shape index (κ1) is 29.6. The number of aliphatic hydroxyl groups is 1. The van der Waals surface area contributed by atoms with E-state index in [0.717, 1.165) is 12.1 Å². The SMILES string of the molecule is O=[N+]([O-])c1ccccc1C(O)CC(F)(F)C(F)(F)C(F)(F)C(F)(F)C(F)(F)C(F)(F)C(F)(F)F. The van der Waals surface area contributed by atoms with E-state index in [1.165, 1.54) is 0 Å². The molecule has 1 atom stereocenters. The summed E-state index contributed by atoms with van der Waals surface area (Å²) in [7, 11) is 0. The molecule has 0 aliphatic heterocycles. The van der Waals surface area contributed by atoms with Gasteiger partial charge in [0, 0.05) is 12.5 Å². The van der Waals surface area contributed by atoms with Gasteiger partial charge in [-0.1, -0.05) is 12.1 Å². The standard InChI is InChI=1S/C15H8F15NO3/c16-9(17,5-8(32)6-3-1-2-4-7(6)31(33)34)10(18,19)11(20,21)12(22,23)13(24,25)14(26,27)15(28,29)30/h1-4,8,32H,5H2. The summed E-state index contributed by atoms with van der Waals surface area (Å²) in [6, 6.07) is 2.52. The summed E-state index contributed by atoms with van der Waals surface area (Å²) in [5.74, 6) is -47.7. The summed E-state index contributed by atoms with van der Waals surface area (Å²) in [5, 5.41) is 20.3. The maximum Gasteiger partial charge on any atom is 0.460 e. The van der Waals surface area contributed by atoms with Crippen molar-refractivity contribution in [3.05, 3.63) is 39.9 Å². The topological polar surface area (TPSA) is 63.4 Å². The average molecular weight is 535 g/mol. The molecule has 4 nitrogen and oxygen atoms in total. The van der Waals surface area contributed by atoms with Gasteiger partial charge in [0.2, 0.25) is 0 Å². The van der Waals surface area contributed by atoms with Crippen LogP contribution < -0.4 is 0 Å². The smallest absolute Gasteiger partial charge is 0.388 e. The number of hydrogen-bond donors (Lipinski definition) is 1. The molecular weight excluding hydrogens is 527 g/mol. The predicted octanol–water partition coefficient (Wildman–Crippen LogP) is 6.39. The maximum absolute atomic E-state index is 13.9. The molecule has 0 spiro atoms. The minimum Gasteiger partial charge on any atom is -0.388 e. The largest absolute Gasteiger partial charge is 0.460 e. The van der Waals surface area contributed by atoms with E-state index in [0.29, 0.717) is 12.1 Å². The Morgan fingerprint density at radius 2 is 1.09 bits per heavy atom. The molecule has 0 aromatic heterocycles. The Morgan fingerprint density at radius 1 is 0.706 bits per heavy atom. The van der Waals surface area contributed by atoms with E-state index >= 15 is 0 Å². The van der Waals surface area contributed by atoms with Gasteiger partial charge in [0.05, 0.1) is 16.6 Å². The predicted molar refractivity (Wildman–Crippen MR) is 78.4 cm³/mol. The third kappa shape index (κ3) is 4.21. The number of alkyl halides is 15. The minimum absolute atomic E-state index is 0.418. The molecule has 1 rings (SSSR count). The number of halogens is 15. The zero-order valence-electron chi connectivity index (χ0n) is 15.5. The quantitative estimate of drug-likeness (QED) is 0.227. The molecule has 0 aliphatic rings. The first-order chi connectivity index (χ1) is 14.8. The molecule has 1 unspecified atom stereocenters. The van der Waals surface area contributed by atoms with Gasteiger partial charge in [0.1, 0.15) is 0 Å². The second kappa shape index (κ2) is 8.33. The highest BCUT2D eigenvalue weighted by atomic mass is 19.4. The van der Waals surface area contributed by atoms with Gasteiger partial charge < -0.3 is 5.11 Å². The van der Waals surface area contributed by atoms with E-state index < -0.39 is 70.4 Å². The first-order valence-electron chi connectivity index (χ1n) is 8.06. The lowest BCUT2D eigenvalue weighted by Gasteiger charge is -2.41. The Hall–Kier alpha value is -2.47. The van der Waals surface area contributed by atoms with Crippen molar-refractivity contribution >= 4 is 5.69 Å². The van der Waals surface area contributed by atoms with Crippen LogP contribution in [0.4, 0.5) is 71.5 Å². The summed E-state index contributed by atoms with van der Waals surface area (Å²) in [6.07, 6.45) is -14.1. The molecule has 1 N–H and O–H groups in total. The van der Waals surface area contributed by atoms with Crippen molar-refractivity contribution in [2.24, 2.45) is 0 Å². The zero-order valence-corrected chi connectivity index (χ0v) is 15.5. The summed E-state index contributed by atoms with van der Waals surface area (Å²) >= 11 is 0. The Balaban J connectivity index is 3.51. The minimum atomic E-state index is -8.45. The van der Waals surface area contributed by atoms with Gasteiger partial charge in [0.25, 0.3) is 5.69 Å². The molecule has 1 aromatic carbocycles. The van der Waals surface area contributed by atoms with Crippen molar-refractivity contribution in [1.29, 1.82) is 0 Å². The Morgan fingerprint density at radius 3 is 1.50 bits per heavy atom. The molecule has 0 radical (unpaired) electrons. The molecule has 0 aliphatic carbocycles. The van der Waals surface area contributed by atoms with Crippen molar-refractivity contribution in [2.45, 2.75) is 54.2 Å². The van der Waals surface area contributed by atoms with Crippen LogP contribution in [-0.2, 0) is 0 Å². The fraction of sp³-hybridized carbons (Fsp3) is 0.600. The Bertz CT molecular complexity index is 913. The average Bonchev–Trinajstić information content (AvgIpc) is 2.65. The van der Waals surface area contributed by atoms with Crippen LogP contribution in [0.25, 0.3) is 0 Å². The van der Waals surface area contributed by atoms with Crippen molar-refractivity contribution in [3.8, 4) is 0 Å². The van der Waals surface area contributed by atoms with Crippen LogP contribution >= 0.6 is 0 Å². The van der Waals surface area contributed by atoms with E-state index in [2.05, 4.69) is 0 Å². The van der Waals surface area contributed by atoms with Crippen LogP contribution in [0, 0.1) is 10.1 Å². The van der Waals surface area contributed by atoms with Gasteiger partial charge in [-0.25, -0.2) is 0 Å². The molecule has 19 heteroatoms. The van der Waals surface area contributed by atoms with Crippen molar-refractivity contribution in [3.63, 3.8) is 0 Å². The number of nitro benzene ring substituents is 1. The van der Waals surface area contributed by atoms with E-state index in [9.17, 15) is 81.1 Å². The van der Waals surface area contributed by atoms with Gasteiger partial charge >= 0.3 is 41.7 Å². The molecule has 0 saturated carbocycles. The van der Waals surface area contributed by atoms with E-state index in [-0.39, 0.29) is 0 Å². The van der Waals surface area contributed by atoms with Crippen molar-refractivity contribution in [1.82, 2.24) is 0 Å². The number of nitrogens with zero attached hydrogens (tertiary/aromatic N) is 1. The molecule has 0 heterocycles. The third-order valence-corrected chi connectivity index (χ3v) is 4.33. The Kier molecular flexibility index (Phi) is 7.24. The van der Waals surface area contributed by atoms with Crippen LogP contribution in [0.3, 0.4) is 0 Å². The second-order valence-electron chi connectivity index (χ2n) is 6.61. The third-order valence-electron chi connectivity index (χ3n) is 4.33. The van der Waals surface area contributed by atoms with Crippen LogP contribution in [0.15, 0.2) is 24.3 Å². The van der Waals surface area contributed by atoms with Gasteiger partial charge in [-0.15, -0.1) is 0 Å². The first-order valence-corrected chi connectivity index (χ1v) is 8.06. The molecule has 0 amide bonds. The van der Waals surface area contributed by atoms with Gasteiger partial charge in [0.15, 0.2) is 0 Å². The van der Waals surface area contributed by atoms with Crippen molar-refractivity contribution in [2.75, 3.05) is 0 Å². The highest BCUT2D eigenvalue weighted by Crippen LogP contribution is 2.63. The molecule has 34 heavy (non-hydrogen) atoms. The summed E-state index contributed by atoms with van der Waals surface area (Å²) < 4.78 is 197. The van der Waals surface area contributed by atoms with Crippen molar-refractivity contribution < 1.29 is 75.9 Å². The van der Waals surface area contributed by atoms with Gasteiger partial charge in [-0.05, 0) is 6.07 Å². The fourth-order valence-corrected chi connectivity index (χ4v) is 2.42. The van der Waals surface area contributed by atoms with Crippen LogP contribution in [-0.4, -0.2) is 51.7 Å². The number of hydrogen-bond acceptors (Lipinski definition) is 3. The van der Waals surface area contributed by atoms with E-state index in [1.54, 1.807) is 0 Å². The van der Waals surface area contributed by atoms with Gasteiger partial charge in [-0.2, -0.15) is 65.9 Å². The second-order valence-corrected chi connectivity index (χ2v) is 6.61. The highest BCUT2D eigenvalue weighted by Gasteiger charge is 2.93.